The molecule has 2 unspecified atom stereocenters. The second-order valence-electron chi connectivity index (χ2n) is 6.06. The van der Waals surface area contributed by atoms with E-state index in [1.807, 2.05) is 18.2 Å². The number of carbonyl (C=O) groups excluding carboxylic acids is 1. The quantitative estimate of drug-likeness (QED) is 0.894. The number of carboxylic acid groups (broad SMARTS) is 1. The van der Waals surface area contributed by atoms with Crippen molar-refractivity contribution in [3.05, 3.63) is 29.8 Å². The zero-order valence-electron chi connectivity index (χ0n) is 12.1. The number of carboxylic acids is 1. The number of benzene rings is 1. The van der Waals surface area contributed by atoms with Crippen LogP contribution in [0, 0.1) is 11.8 Å². The van der Waals surface area contributed by atoms with Gasteiger partial charge in [-0.25, -0.2) is 4.79 Å². The summed E-state index contributed by atoms with van der Waals surface area (Å²) in [6.45, 7) is 3.01. The number of urea groups is 1. The zero-order chi connectivity index (χ0) is 15.0. The van der Waals surface area contributed by atoms with Crippen molar-refractivity contribution in [3.63, 3.8) is 0 Å². The highest BCUT2D eigenvalue weighted by Crippen LogP contribution is 2.37. The molecule has 1 aromatic carbocycles. The lowest BCUT2D eigenvalue weighted by Gasteiger charge is -2.20. The molecular weight excluding hydrogens is 268 g/mol. The molecule has 2 amide bonds. The van der Waals surface area contributed by atoms with Gasteiger partial charge in [0.25, 0.3) is 0 Å². The molecule has 1 aromatic rings. The van der Waals surface area contributed by atoms with Gasteiger partial charge in [-0.3, -0.25) is 9.69 Å². The number of para-hydroxylation sites is 1. The number of hydrogen-bond donors (Lipinski definition) is 2. The molecule has 21 heavy (non-hydrogen) atoms. The third kappa shape index (κ3) is 2.73. The van der Waals surface area contributed by atoms with Crippen molar-refractivity contribution >= 4 is 17.7 Å². The molecule has 5 nitrogen and oxygen atoms in total. The van der Waals surface area contributed by atoms with E-state index in [2.05, 4.69) is 12.2 Å². The van der Waals surface area contributed by atoms with E-state index in [0.717, 1.165) is 11.5 Å². The maximum atomic E-state index is 12.3. The first-order valence-electron chi connectivity index (χ1n) is 7.45. The van der Waals surface area contributed by atoms with Crippen LogP contribution >= 0.6 is 0 Å². The summed E-state index contributed by atoms with van der Waals surface area (Å²) in [6, 6.07) is 7.04. The van der Waals surface area contributed by atoms with E-state index in [9.17, 15) is 14.7 Å². The predicted octanol–water partition coefficient (Wildman–Crippen LogP) is 2.43. The van der Waals surface area contributed by atoms with Gasteiger partial charge in [-0.2, -0.15) is 0 Å². The van der Waals surface area contributed by atoms with Gasteiger partial charge < -0.3 is 10.4 Å². The summed E-state index contributed by atoms with van der Waals surface area (Å²) in [5.41, 5.74) is 1.43. The fourth-order valence-electron chi connectivity index (χ4n) is 2.99. The number of carbonyl (C=O) groups is 2. The fraction of sp³-hybridized carbons (Fsp3) is 0.500. The fourth-order valence-corrected chi connectivity index (χ4v) is 2.99. The minimum Gasteiger partial charge on any atom is -0.481 e. The molecule has 2 aliphatic rings. The van der Waals surface area contributed by atoms with Crippen LogP contribution in [-0.2, 0) is 4.79 Å². The van der Waals surface area contributed by atoms with Crippen molar-refractivity contribution in [1.29, 1.82) is 0 Å². The molecule has 1 fully saturated rings. The Morgan fingerprint density at radius 2 is 2.10 bits per heavy atom. The Morgan fingerprint density at radius 1 is 1.38 bits per heavy atom. The van der Waals surface area contributed by atoms with Gasteiger partial charge in [0.1, 0.15) is 5.92 Å². The number of nitrogens with one attached hydrogen (secondary N) is 1. The van der Waals surface area contributed by atoms with Crippen molar-refractivity contribution in [2.75, 3.05) is 18.0 Å². The van der Waals surface area contributed by atoms with E-state index in [4.69, 9.17) is 0 Å². The standard InChI is InChI=1S/C16H20N2O3/c1-10(11-6-7-11)8-17-16(21)18-9-13(15(19)20)12-4-2-3-5-14(12)18/h2-5,10-11,13H,6-9H2,1H3,(H,17,21)(H,19,20). The lowest BCUT2D eigenvalue weighted by atomic mass is 10.0. The summed E-state index contributed by atoms with van der Waals surface area (Å²) < 4.78 is 0. The Bertz CT molecular complexity index is 568. The molecule has 112 valence electrons. The molecule has 1 heterocycles. The highest BCUT2D eigenvalue weighted by atomic mass is 16.4. The number of hydrogen-bond acceptors (Lipinski definition) is 2. The predicted molar refractivity (Wildman–Crippen MR) is 79.5 cm³/mol. The van der Waals surface area contributed by atoms with Crippen LogP contribution in [0.3, 0.4) is 0 Å². The van der Waals surface area contributed by atoms with Gasteiger partial charge in [0.2, 0.25) is 0 Å². The van der Waals surface area contributed by atoms with Crippen LogP contribution in [0.15, 0.2) is 24.3 Å². The lowest BCUT2D eigenvalue weighted by Crippen LogP contribution is -2.41. The Balaban J connectivity index is 1.70. The van der Waals surface area contributed by atoms with Crippen LogP contribution in [0.5, 0.6) is 0 Å². The van der Waals surface area contributed by atoms with Crippen LogP contribution in [0.25, 0.3) is 0 Å². The van der Waals surface area contributed by atoms with Crippen molar-refractivity contribution in [2.45, 2.75) is 25.7 Å². The van der Waals surface area contributed by atoms with Crippen LogP contribution in [0.4, 0.5) is 10.5 Å². The second kappa shape index (κ2) is 5.39. The van der Waals surface area contributed by atoms with Crippen LogP contribution in [0.1, 0.15) is 31.2 Å². The Kier molecular flexibility index (Phi) is 3.57. The first kappa shape index (κ1) is 13.9. The lowest BCUT2D eigenvalue weighted by molar-refractivity contribution is -0.138. The van der Waals surface area contributed by atoms with E-state index in [1.165, 1.54) is 12.8 Å². The van der Waals surface area contributed by atoms with E-state index in [1.54, 1.807) is 11.0 Å². The van der Waals surface area contributed by atoms with Crippen molar-refractivity contribution in [2.24, 2.45) is 11.8 Å². The molecule has 0 spiro atoms. The first-order chi connectivity index (χ1) is 10.1. The van der Waals surface area contributed by atoms with Gasteiger partial charge in [-0.15, -0.1) is 0 Å². The largest absolute Gasteiger partial charge is 0.481 e. The monoisotopic (exact) mass is 288 g/mol. The van der Waals surface area contributed by atoms with Crippen LogP contribution in [-0.4, -0.2) is 30.2 Å². The molecule has 0 saturated heterocycles. The summed E-state index contributed by atoms with van der Waals surface area (Å²) in [6.07, 6.45) is 2.51. The van der Waals surface area contributed by atoms with Crippen molar-refractivity contribution < 1.29 is 14.7 Å². The Labute approximate surface area is 123 Å². The number of nitrogens with zero attached hydrogens (tertiary/aromatic N) is 1. The second-order valence-corrected chi connectivity index (χ2v) is 6.06. The number of anilines is 1. The zero-order valence-corrected chi connectivity index (χ0v) is 12.1. The summed E-state index contributed by atoms with van der Waals surface area (Å²) in [4.78, 5) is 25.2. The third-order valence-corrected chi connectivity index (χ3v) is 4.51. The average molecular weight is 288 g/mol. The summed E-state index contributed by atoms with van der Waals surface area (Å²) in [5, 5.41) is 12.2. The third-order valence-electron chi connectivity index (χ3n) is 4.51. The summed E-state index contributed by atoms with van der Waals surface area (Å²) >= 11 is 0. The molecule has 0 bridgehead atoms. The number of fused-ring (bicyclic) bond motifs is 1. The van der Waals surface area contributed by atoms with Crippen molar-refractivity contribution in [1.82, 2.24) is 5.32 Å². The molecule has 0 aromatic heterocycles. The number of rotatable bonds is 4. The maximum absolute atomic E-state index is 12.3. The molecular formula is C16H20N2O3. The van der Waals surface area contributed by atoms with E-state index < -0.39 is 11.9 Å². The van der Waals surface area contributed by atoms with Gasteiger partial charge in [0, 0.05) is 18.8 Å². The minimum atomic E-state index is -0.885. The highest BCUT2D eigenvalue weighted by molar-refractivity contribution is 5.98. The maximum Gasteiger partial charge on any atom is 0.321 e. The number of aliphatic carboxylic acids is 1. The van der Waals surface area contributed by atoms with Gasteiger partial charge in [0.15, 0.2) is 0 Å². The van der Waals surface area contributed by atoms with Gasteiger partial charge >= 0.3 is 12.0 Å². The Morgan fingerprint density at radius 3 is 2.76 bits per heavy atom. The van der Waals surface area contributed by atoms with Gasteiger partial charge in [-0.05, 0) is 36.3 Å². The average Bonchev–Trinajstić information content (AvgIpc) is 3.24. The molecule has 0 radical (unpaired) electrons. The van der Waals surface area contributed by atoms with E-state index >= 15 is 0 Å². The molecule has 2 atom stereocenters. The van der Waals surface area contributed by atoms with Crippen LogP contribution in [0.2, 0.25) is 0 Å². The SMILES string of the molecule is CC(CNC(=O)N1CC(C(=O)O)c2ccccc21)C1CC1. The number of amides is 2. The van der Waals surface area contributed by atoms with Crippen LogP contribution < -0.4 is 10.2 Å². The minimum absolute atomic E-state index is 0.196. The smallest absolute Gasteiger partial charge is 0.321 e. The van der Waals surface area contributed by atoms with Gasteiger partial charge in [-0.1, -0.05) is 25.1 Å². The highest BCUT2D eigenvalue weighted by Gasteiger charge is 2.36. The first-order valence-corrected chi connectivity index (χ1v) is 7.45. The molecule has 1 saturated carbocycles. The van der Waals surface area contributed by atoms with Crippen molar-refractivity contribution in [3.8, 4) is 0 Å². The molecule has 1 aliphatic carbocycles. The van der Waals surface area contributed by atoms with Gasteiger partial charge in [0.05, 0.1) is 0 Å². The molecule has 5 heteroatoms. The normalized spacial score (nSPS) is 21.8. The summed E-state index contributed by atoms with van der Waals surface area (Å²) in [7, 11) is 0. The molecule has 3 rings (SSSR count). The van der Waals surface area contributed by atoms with E-state index in [-0.39, 0.29) is 12.6 Å². The topological polar surface area (TPSA) is 69.6 Å². The van der Waals surface area contributed by atoms with E-state index in [0.29, 0.717) is 18.2 Å². The molecule has 2 N–H and O–H groups in total. The Hall–Kier alpha value is -2.04. The molecule has 1 aliphatic heterocycles. The summed E-state index contributed by atoms with van der Waals surface area (Å²) in [5.74, 6) is -0.290.